The lowest BCUT2D eigenvalue weighted by Crippen LogP contribution is -2.50. The number of aromatic nitrogens is 7. The fourth-order valence-electron chi connectivity index (χ4n) is 4.87. The van der Waals surface area contributed by atoms with Crippen molar-refractivity contribution >= 4 is 17.4 Å². The molecule has 5 heterocycles. The smallest absolute Gasteiger partial charge is 0.229 e. The van der Waals surface area contributed by atoms with Crippen molar-refractivity contribution in [1.82, 2.24) is 39.2 Å². The third kappa shape index (κ3) is 4.48. The first-order valence-electron chi connectivity index (χ1n) is 12.5. The number of nitrogens with one attached hydrogen (secondary N) is 1. The minimum absolute atomic E-state index is 0.0475. The second-order valence-corrected chi connectivity index (χ2v) is 9.43. The summed E-state index contributed by atoms with van der Waals surface area (Å²) in [6, 6.07) is 5.97. The van der Waals surface area contributed by atoms with Crippen LogP contribution in [0.3, 0.4) is 0 Å². The van der Waals surface area contributed by atoms with Gasteiger partial charge in [0.2, 0.25) is 11.8 Å². The summed E-state index contributed by atoms with van der Waals surface area (Å²) >= 11 is 0. The number of methoxy groups -OCH3 is 1. The van der Waals surface area contributed by atoms with Crippen molar-refractivity contribution in [3.8, 4) is 23.0 Å². The van der Waals surface area contributed by atoms with Gasteiger partial charge in [0.1, 0.15) is 24.3 Å². The molecule has 3 atom stereocenters. The van der Waals surface area contributed by atoms with Crippen LogP contribution in [0.15, 0.2) is 36.9 Å². The maximum atomic E-state index is 12.8. The first kappa shape index (κ1) is 23.3. The number of imidazole rings is 1. The normalized spacial score (nSPS) is 21.0. The monoisotopic (exact) mass is 503 g/mol. The van der Waals surface area contributed by atoms with Crippen LogP contribution in [0.5, 0.6) is 11.6 Å². The lowest BCUT2D eigenvalue weighted by Gasteiger charge is -2.39. The Kier molecular flexibility index (Phi) is 5.95. The first-order valence-corrected chi connectivity index (χ1v) is 12.5. The summed E-state index contributed by atoms with van der Waals surface area (Å²) in [6.07, 6.45) is 6.77. The molecular weight excluding hydrogens is 474 g/mol. The Hall–Kier alpha value is -4.06. The first-order chi connectivity index (χ1) is 18.0. The molecule has 1 amide bonds. The molecule has 37 heavy (non-hydrogen) atoms. The molecule has 0 radical (unpaired) electrons. The van der Waals surface area contributed by atoms with E-state index in [2.05, 4.69) is 37.2 Å². The van der Waals surface area contributed by atoms with Crippen LogP contribution in [0.4, 0.5) is 5.82 Å². The van der Waals surface area contributed by atoms with Gasteiger partial charge < -0.3 is 14.8 Å². The number of rotatable bonds is 9. The van der Waals surface area contributed by atoms with Gasteiger partial charge in [0, 0.05) is 37.5 Å². The number of carbonyl (C=O) groups is 1. The lowest BCUT2D eigenvalue weighted by molar-refractivity contribution is -0.117. The summed E-state index contributed by atoms with van der Waals surface area (Å²) in [5.74, 6) is 1.43. The van der Waals surface area contributed by atoms with E-state index in [1.54, 1.807) is 34.8 Å². The molecular formula is C25H29N9O3. The van der Waals surface area contributed by atoms with E-state index in [9.17, 15) is 4.79 Å². The topological polar surface area (TPSA) is 125 Å². The van der Waals surface area contributed by atoms with E-state index in [0.29, 0.717) is 41.4 Å². The number of likely N-dealkylation sites (N-methyl/N-ethyl adjacent to an activating group) is 1. The Bertz CT molecular complexity index is 1450. The van der Waals surface area contributed by atoms with E-state index < -0.39 is 0 Å². The van der Waals surface area contributed by atoms with Gasteiger partial charge in [-0.25, -0.2) is 19.5 Å². The second kappa shape index (κ2) is 9.43. The van der Waals surface area contributed by atoms with Gasteiger partial charge >= 0.3 is 0 Å². The Morgan fingerprint density at radius 2 is 2.16 bits per heavy atom. The summed E-state index contributed by atoms with van der Waals surface area (Å²) in [5, 5.41) is 12.0. The van der Waals surface area contributed by atoms with Crippen molar-refractivity contribution in [3.63, 3.8) is 0 Å². The SMILES string of the molecule is CCN1CC[C@@H]1COc1cnn(C)c1-c1ccc2nc(NC(=O)[C@@H]3C[C@@H]3c3cc(OC)ncn3)cn2n1. The molecule has 0 aromatic carbocycles. The highest BCUT2D eigenvalue weighted by Gasteiger charge is 2.45. The average molecular weight is 504 g/mol. The predicted molar refractivity (Wildman–Crippen MR) is 134 cm³/mol. The Balaban J connectivity index is 1.15. The summed E-state index contributed by atoms with van der Waals surface area (Å²) in [5.41, 5.74) is 2.94. The van der Waals surface area contributed by atoms with E-state index in [1.165, 1.54) is 6.33 Å². The largest absolute Gasteiger partial charge is 0.488 e. The van der Waals surface area contributed by atoms with Gasteiger partial charge in [-0.1, -0.05) is 6.92 Å². The summed E-state index contributed by atoms with van der Waals surface area (Å²) in [7, 11) is 3.43. The molecule has 192 valence electrons. The molecule has 1 aliphatic heterocycles. The van der Waals surface area contributed by atoms with Crippen LogP contribution in [0.1, 0.15) is 31.4 Å². The zero-order valence-corrected chi connectivity index (χ0v) is 21.0. The molecule has 0 unspecified atom stereocenters. The number of likely N-dealkylation sites (tertiary alicyclic amines) is 1. The third-order valence-electron chi connectivity index (χ3n) is 7.20. The molecule has 0 bridgehead atoms. The number of amides is 1. The van der Waals surface area contributed by atoms with Gasteiger partial charge in [-0.15, -0.1) is 0 Å². The van der Waals surface area contributed by atoms with Crippen molar-refractivity contribution < 1.29 is 14.3 Å². The van der Waals surface area contributed by atoms with E-state index in [4.69, 9.17) is 14.6 Å². The molecule has 1 aliphatic carbocycles. The van der Waals surface area contributed by atoms with Crippen molar-refractivity contribution in [2.45, 2.75) is 31.7 Å². The molecule has 6 rings (SSSR count). The quantitative estimate of drug-likeness (QED) is 0.366. The fourth-order valence-corrected chi connectivity index (χ4v) is 4.87. The molecule has 0 spiro atoms. The summed E-state index contributed by atoms with van der Waals surface area (Å²) in [4.78, 5) is 28.1. The van der Waals surface area contributed by atoms with Crippen LogP contribution in [-0.4, -0.2) is 78.0 Å². The molecule has 12 nitrogen and oxygen atoms in total. The number of nitrogens with zero attached hydrogens (tertiary/aromatic N) is 8. The number of aryl methyl sites for hydroxylation is 1. The predicted octanol–water partition coefficient (Wildman–Crippen LogP) is 2.14. The zero-order chi connectivity index (χ0) is 25.5. The molecule has 12 heteroatoms. The fraction of sp³-hybridized carbons (Fsp3) is 0.440. The summed E-state index contributed by atoms with van der Waals surface area (Å²) < 4.78 is 14.7. The van der Waals surface area contributed by atoms with Crippen LogP contribution < -0.4 is 14.8 Å². The highest BCUT2D eigenvalue weighted by molar-refractivity contribution is 5.94. The number of anilines is 1. The number of ether oxygens (including phenoxy) is 2. The van der Waals surface area contributed by atoms with Crippen molar-refractivity contribution in [3.05, 3.63) is 42.6 Å². The maximum Gasteiger partial charge on any atom is 0.229 e. The minimum Gasteiger partial charge on any atom is -0.488 e. The molecule has 1 N–H and O–H groups in total. The van der Waals surface area contributed by atoms with Gasteiger partial charge in [-0.05, 0) is 31.5 Å². The second-order valence-electron chi connectivity index (χ2n) is 9.43. The highest BCUT2D eigenvalue weighted by Crippen LogP contribution is 2.47. The van der Waals surface area contributed by atoms with E-state index in [-0.39, 0.29) is 17.7 Å². The number of hydrogen-bond acceptors (Lipinski definition) is 9. The lowest BCUT2D eigenvalue weighted by atomic mass is 10.0. The highest BCUT2D eigenvalue weighted by atomic mass is 16.5. The number of carbonyl (C=O) groups excluding carboxylic acids is 1. The maximum absolute atomic E-state index is 12.8. The van der Waals surface area contributed by atoms with E-state index in [1.807, 2.05) is 19.2 Å². The molecule has 1 saturated carbocycles. The summed E-state index contributed by atoms with van der Waals surface area (Å²) in [6.45, 7) is 4.95. The number of fused-ring (bicyclic) bond motifs is 1. The molecule has 2 aliphatic rings. The average Bonchev–Trinajstić information content (AvgIpc) is 3.48. The van der Waals surface area contributed by atoms with Crippen LogP contribution in [-0.2, 0) is 11.8 Å². The number of hydrogen-bond donors (Lipinski definition) is 1. The third-order valence-corrected chi connectivity index (χ3v) is 7.20. The van der Waals surface area contributed by atoms with E-state index >= 15 is 0 Å². The Morgan fingerprint density at radius 1 is 1.27 bits per heavy atom. The molecule has 4 aromatic heterocycles. The van der Waals surface area contributed by atoms with Crippen LogP contribution in [0.25, 0.3) is 17.0 Å². The van der Waals surface area contributed by atoms with Crippen LogP contribution in [0.2, 0.25) is 0 Å². The van der Waals surface area contributed by atoms with Gasteiger partial charge in [0.25, 0.3) is 0 Å². The molecule has 2 fully saturated rings. The molecule has 4 aromatic rings. The van der Waals surface area contributed by atoms with Crippen molar-refractivity contribution in [2.75, 3.05) is 32.1 Å². The zero-order valence-electron chi connectivity index (χ0n) is 21.0. The van der Waals surface area contributed by atoms with Gasteiger partial charge in [-0.2, -0.15) is 10.2 Å². The molecule has 1 saturated heterocycles. The van der Waals surface area contributed by atoms with Crippen LogP contribution >= 0.6 is 0 Å². The van der Waals surface area contributed by atoms with Gasteiger partial charge in [0.05, 0.1) is 25.2 Å². The van der Waals surface area contributed by atoms with Gasteiger partial charge in [0.15, 0.2) is 17.2 Å². The van der Waals surface area contributed by atoms with Gasteiger partial charge in [-0.3, -0.25) is 14.4 Å². The standard InChI is InChI=1S/C25H29N9O3/c1-4-33-8-7-15(33)13-37-20-11-28-32(2)24(20)18-5-6-22-29-21(12-34(22)31-18)30-25(35)17-9-16(17)19-10-23(36-3)27-14-26-19/h5-6,10-12,14-17H,4,7-9,13H2,1-3H3,(H,30,35)/t15-,16+,17-/m1/s1. The van der Waals surface area contributed by atoms with E-state index in [0.717, 1.165) is 37.3 Å². The Morgan fingerprint density at radius 3 is 2.95 bits per heavy atom. The van der Waals surface area contributed by atoms with Crippen LogP contribution in [0, 0.1) is 5.92 Å². The van der Waals surface area contributed by atoms with Crippen molar-refractivity contribution in [1.29, 1.82) is 0 Å². The Labute approximate surface area is 213 Å². The van der Waals surface area contributed by atoms with Crippen molar-refractivity contribution in [2.24, 2.45) is 13.0 Å². The minimum atomic E-state index is -0.165.